The number of allylic oxidation sites excluding steroid dienone is 1. The lowest BCUT2D eigenvalue weighted by Crippen LogP contribution is -2.39. The number of aromatic hydroxyl groups is 1. The average molecular weight is 568 g/mol. The highest BCUT2D eigenvalue weighted by Crippen LogP contribution is 2.33. The molecule has 170 valence electrons. The number of benzene rings is 2. The van der Waals surface area contributed by atoms with Gasteiger partial charge in [-0.3, -0.25) is 9.36 Å². The summed E-state index contributed by atoms with van der Waals surface area (Å²) in [5.74, 6) is -0.708. The highest BCUT2D eigenvalue weighted by atomic mass is 79.9. The van der Waals surface area contributed by atoms with Gasteiger partial charge in [0, 0.05) is 15.1 Å². The first-order chi connectivity index (χ1) is 15.7. The van der Waals surface area contributed by atoms with E-state index in [0.717, 1.165) is 21.4 Å². The smallest absolute Gasteiger partial charge is 0.338 e. The van der Waals surface area contributed by atoms with E-state index in [1.165, 1.54) is 22.8 Å². The third kappa shape index (κ3) is 4.53. The number of ether oxygens (including phenoxy) is 1. The molecule has 33 heavy (non-hydrogen) atoms. The van der Waals surface area contributed by atoms with Crippen LogP contribution in [0.2, 0.25) is 10.0 Å². The predicted molar refractivity (Wildman–Crippen MR) is 133 cm³/mol. The molecule has 0 radical (unpaired) electrons. The third-order valence-corrected chi connectivity index (χ3v) is 7.06. The second-order valence-corrected chi connectivity index (χ2v) is 9.95. The number of esters is 1. The van der Waals surface area contributed by atoms with Crippen molar-refractivity contribution >= 4 is 62.5 Å². The number of thiazole rings is 1. The van der Waals surface area contributed by atoms with Crippen LogP contribution in [-0.2, 0) is 9.53 Å². The average Bonchev–Trinajstić information content (AvgIpc) is 3.06. The normalized spacial score (nSPS) is 15.9. The van der Waals surface area contributed by atoms with E-state index in [4.69, 9.17) is 27.9 Å². The first-order valence-electron chi connectivity index (χ1n) is 9.84. The summed E-state index contributed by atoms with van der Waals surface area (Å²) in [6, 6.07) is 9.58. The summed E-state index contributed by atoms with van der Waals surface area (Å²) < 4.78 is 7.93. The van der Waals surface area contributed by atoms with E-state index in [2.05, 4.69) is 20.9 Å². The second-order valence-electron chi connectivity index (χ2n) is 7.18. The van der Waals surface area contributed by atoms with E-state index in [-0.39, 0.29) is 22.9 Å². The molecule has 0 aliphatic carbocycles. The Hall–Kier alpha value is -2.39. The molecule has 1 aliphatic heterocycles. The molecule has 0 saturated heterocycles. The maximum Gasteiger partial charge on any atom is 0.338 e. The van der Waals surface area contributed by atoms with Gasteiger partial charge in [0.05, 0.1) is 33.5 Å². The maximum atomic E-state index is 13.5. The van der Waals surface area contributed by atoms with Crippen molar-refractivity contribution in [2.24, 2.45) is 4.99 Å². The van der Waals surface area contributed by atoms with Crippen LogP contribution in [-0.4, -0.2) is 22.2 Å². The lowest BCUT2D eigenvalue weighted by atomic mass is 9.96. The number of phenolic OH excluding ortho intramolecular Hbond substituents is 1. The maximum absolute atomic E-state index is 13.5. The Morgan fingerprint density at radius 2 is 2.00 bits per heavy atom. The van der Waals surface area contributed by atoms with Crippen LogP contribution in [0.3, 0.4) is 0 Å². The Balaban J connectivity index is 1.98. The summed E-state index contributed by atoms with van der Waals surface area (Å²) in [7, 11) is 0. The second kappa shape index (κ2) is 9.46. The van der Waals surface area contributed by atoms with E-state index in [1.807, 2.05) is 24.3 Å². The van der Waals surface area contributed by atoms with Gasteiger partial charge in [0.15, 0.2) is 4.80 Å². The van der Waals surface area contributed by atoms with Crippen LogP contribution in [0.5, 0.6) is 5.75 Å². The van der Waals surface area contributed by atoms with Crippen LogP contribution in [0.4, 0.5) is 0 Å². The van der Waals surface area contributed by atoms with Crippen molar-refractivity contribution in [1.29, 1.82) is 0 Å². The molecule has 1 unspecified atom stereocenters. The molecule has 1 atom stereocenters. The minimum atomic E-state index is -0.716. The summed E-state index contributed by atoms with van der Waals surface area (Å²) >= 11 is 16.7. The molecule has 0 bridgehead atoms. The Morgan fingerprint density at radius 3 is 2.67 bits per heavy atom. The largest absolute Gasteiger partial charge is 0.506 e. The topological polar surface area (TPSA) is 80.9 Å². The minimum absolute atomic E-state index is 0.0784. The fourth-order valence-corrected chi connectivity index (χ4v) is 5.40. The number of phenols is 1. The number of rotatable bonds is 4. The summed E-state index contributed by atoms with van der Waals surface area (Å²) in [5, 5.41) is 10.7. The molecule has 1 aliphatic rings. The molecule has 0 spiro atoms. The number of fused-ring (bicyclic) bond motifs is 1. The van der Waals surface area contributed by atoms with Gasteiger partial charge in [0.1, 0.15) is 5.75 Å². The molecular formula is C23H17BrCl2N2O4S. The molecule has 2 aromatic carbocycles. The van der Waals surface area contributed by atoms with E-state index in [0.29, 0.717) is 31.2 Å². The standard InChI is InChI=1S/C23H17BrCl2N2O4S/c1-3-32-22(31)18-11(2)27-23-28(19(18)12-4-6-14(24)7-5-12)21(30)17(33-23)9-13-8-15(25)10-16(26)20(13)29/h4-10,19,29H,3H2,1-2H3. The first-order valence-corrected chi connectivity index (χ1v) is 12.2. The van der Waals surface area contributed by atoms with Crippen LogP contribution in [0.25, 0.3) is 6.08 Å². The van der Waals surface area contributed by atoms with Gasteiger partial charge in [-0.15, -0.1) is 0 Å². The van der Waals surface area contributed by atoms with Crippen LogP contribution in [0, 0.1) is 0 Å². The Kier molecular flexibility index (Phi) is 6.81. The Bertz CT molecular complexity index is 1480. The van der Waals surface area contributed by atoms with Crippen molar-refractivity contribution < 1.29 is 14.6 Å². The molecule has 0 fully saturated rings. The molecular weight excluding hydrogens is 551 g/mol. The van der Waals surface area contributed by atoms with Gasteiger partial charge in [-0.1, -0.05) is 62.6 Å². The van der Waals surface area contributed by atoms with Crippen molar-refractivity contribution in [3.63, 3.8) is 0 Å². The fraction of sp³-hybridized carbons (Fsp3) is 0.174. The first kappa shape index (κ1) is 23.8. The molecule has 1 aromatic heterocycles. The molecule has 0 amide bonds. The molecule has 6 nitrogen and oxygen atoms in total. The van der Waals surface area contributed by atoms with Gasteiger partial charge < -0.3 is 9.84 Å². The van der Waals surface area contributed by atoms with Crippen molar-refractivity contribution in [3.8, 4) is 5.75 Å². The van der Waals surface area contributed by atoms with Gasteiger partial charge in [0.2, 0.25) is 0 Å². The number of halogens is 3. The SMILES string of the molecule is CCOC(=O)C1=C(C)N=c2sc(=Cc3cc(Cl)cc(Cl)c3O)c(=O)n2C1c1ccc(Br)cc1. The number of hydrogen-bond acceptors (Lipinski definition) is 6. The summed E-state index contributed by atoms with van der Waals surface area (Å²) in [6.45, 7) is 3.64. The zero-order valence-corrected chi connectivity index (χ0v) is 21.3. The van der Waals surface area contributed by atoms with Crippen molar-refractivity contribution in [2.45, 2.75) is 19.9 Å². The van der Waals surface area contributed by atoms with E-state index in [1.54, 1.807) is 13.8 Å². The monoisotopic (exact) mass is 566 g/mol. The zero-order valence-electron chi connectivity index (χ0n) is 17.4. The molecule has 2 heterocycles. The number of hydrogen-bond donors (Lipinski definition) is 1. The Labute approximate surface area is 211 Å². The molecule has 4 rings (SSSR count). The summed E-state index contributed by atoms with van der Waals surface area (Å²) in [6.07, 6.45) is 1.51. The van der Waals surface area contributed by atoms with Crippen LogP contribution in [0.1, 0.15) is 31.0 Å². The van der Waals surface area contributed by atoms with E-state index in [9.17, 15) is 14.7 Å². The van der Waals surface area contributed by atoms with E-state index >= 15 is 0 Å². The number of carbonyl (C=O) groups is 1. The zero-order chi connectivity index (χ0) is 23.9. The lowest BCUT2D eigenvalue weighted by molar-refractivity contribution is -0.139. The fourth-order valence-electron chi connectivity index (χ4n) is 3.59. The molecule has 1 N–H and O–H groups in total. The van der Waals surface area contributed by atoms with Crippen molar-refractivity contribution in [1.82, 2.24) is 4.57 Å². The summed E-state index contributed by atoms with van der Waals surface area (Å²) in [5.41, 5.74) is 1.45. The van der Waals surface area contributed by atoms with Gasteiger partial charge >= 0.3 is 5.97 Å². The highest BCUT2D eigenvalue weighted by molar-refractivity contribution is 9.10. The van der Waals surface area contributed by atoms with Crippen LogP contribution >= 0.6 is 50.5 Å². The number of nitrogens with zero attached hydrogens (tertiary/aromatic N) is 2. The third-order valence-electron chi connectivity index (χ3n) is 5.05. The molecule has 0 saturated carbocycles. The van der Waals surface area contributed by atoms with Crippen LogP contribution in [0.15, 0.2) is 61.9 Å². The summed E-state index contributed by atoms with van der Waals surface area (Å²) in [4.78, 5) is 31.3. The Morgan fingerprint density at radius 1 is 1.30 bits per heavy atom. The predicted octanol–water partition coefficient (Wildman–Crippen LogP) is 4.57. The molecule has 10 heteroatoms. The van der Waals surface area contributed by atoms with Crippen molar-refractivity contribution in [2.75, 3.05) is 6.61 Å². The van der Waals surface area contributed by atoms with Gasteiger partial charge in [-0.2, -0.15) is 0 Å². The molecule has 3 aromatic rings. The van der Waals surface area contributed by atoms with Crippen LogP contribution < -0.4 is 14.9 Å². The number of carbonyl (C=O) groups excluding carboxylic acids is 1. The lowest BCUT2D eigenvalue weighted by Gasteiger charge is -2.24. The van der Waals surface area contributed by atoms with Gasteiger partial charge in [0.25, 0.3) is 5.56 Å². The number of aromatic nitrogens is 1. The minimum Gasteiger partial charge on any atom is -0.506 e. The highest BCUT2D eigenvalue weighted by Gasteiger charge is 2.33. The van der Waals surface area contributed by atoms with E-state index < -0.39 is 12.0 Å². The van der Waals surface area contributed by atoms with Crippen molar-refractivity contribution in [3.05, 3.63) is 93.0 Å². The van der Waals surface area contributed by atoms with Gasteiger partial charge in [-0.25, -0.2) is 9.79 Å². The quantitative estimate of drug-likeness (QED) is 0.468. The van der Waals surface area contributed by atoms with Gasteiger partial charge in [-0.05, 0) is 49.8 Å².